The summed E-state index contributed by atoms with van der Waals surface area (Å²) in [5.74, 6) is 1.32. The standard InChI is InChI=1S/C20H35N5O3/c1-5-21-20(22-11-13-25(2)12-6-14-27-3)24-16-19(26)23-15-17-7-9-18(28-4)10-8-17/h7-10H,5-6,11-16H2,1-4H3,(H,23,26)(H2,21,22,24). The van der Waals surface area contributed by atoms with Crippen LogP contribution in [0.3, 0.4) is 0 Å². The van der Waals surface area contributed by atoms with Crippen LogP contribution in [0.4, 0.5) is 0 Å². The van der Waals surface area contributed by atoms with Crippen molar-refractivity contribution in [2.45, 2.75) is 19.9 Å². The quantitative estimate of drug-likeness (QED) is 0.261. The number of carbonyl (C=O) groups is 1. The number of nitrogens with zero attached hydrogens (tertiary/aromatic N) is 2. The number of likely N-dealkylation sites (N-methyl/N-ethyl adjacent to an activating group) is 1. The van der Waals surface area contributed by atoms with Gasteiger partial charge in [-0.2, -0.15) is 0 Å². The first-order valence-corrected chi connectivity index (χ1v) is 9.68. The minimum atomic E-state index is -0.121. The number of amides is 1. The highest BCUT2D eigenvalue weighted by Crippen LogP contribution is 2.10. The summed E-state index contributed by atoms with van der Waals surface area (Å²) in [6, 6.07) is 7.60. The van der Waals surface area contributed by atoms with Crippen LogP contribution in [0.2, 0.25) is 0 Å². The third-order valence-electron chi connectivity index (χ3n) is 4.05. The summed E-state index contributed by atoms with van der Waals surface area (Å²) in [4.78, 5) is 18.6. The number of nitrogens with one attached hydrogen (secondary N) is 3. The Morgan fingerprint density at radius 2 is 1.86 bits per heavy atom. The number of hydrogen-bond acceptors (Lipinski definition) is 5. The zero-order valence-electron chi connectivity index (χ0n) is 17.6. The first-order chi connectivity index (χ1) is 13.6. The lowest BCUT2D eigenvalue weighted by molar-refractivity contribution is -0.119. The first kappa shape index (κ1) is 23.7. The van der Waals surface area contributed by atoms with Gasteiger partial charge in [0.1, 0.15) is 12.3 Å². The monoisotopic (exact) mass is 393 g/mol. The van der Waals surface area contributed by atoms with E-state index in [0.717, 1.165) is 50.5 Å². The second-order valence-corrected chi connectivity index (χ2v) is 6.40. The van der Waals surface area contributed by atoms with Gasteiger partial charge in [-0.15, -0.1) is 0 Å². The van der Waals surface area contributed by atoms with Gasteiger partial charge in [0, 0.05) is 46.4 Å². The van der Waals surface area contributed by atoms with E-state index >= 15 is 0 Å². The molecule has 28 heavy (non-hydrogen) atoms. The molecule has 0 saturated carbocycles. The van der Waals surface area contributed by atoms with E-state index in [-0.39, 0.29) is 12.5 Å². The lowest BCUT2D eigenvalue weighted by Crippen LogP contribution is -2.41. The molecule has 3 N–H and O–H groups in total. The Hall–Kier alpha value is -2.32. The average molecular weight is 394 g/mol. The topological polar surface area (TPSA) is 87.2 Å². The van der Waals surface area contributed by atoms with Crippen molar-refractivity contribution >= 4 is 11.9 Å². The van der Waals surface area contributed by atoms with Crippen molar-refractivity contribution in [1.82, 2.24) is 20.9 Å². The summed E-state index contributed by atoms with van der Waals surface area (Å²) in [6.07, 6.45) is 1.01. The Bertz CT molecular complexity index is 578. The number of carbonyl (C=O) groups excluding carboxylic acids is 1. The van der Waals surface area contributed by atoms with Gasteiger partial charge in [-0.3, -0.25) is 4.79 Å². The van der Waals surface area contributed by atoms with Crippen LogP contribution in [0, 0.1) is 0 Å². The number of hydrogen-bond donors (Lipinski definition) is 3. The molecule has 0 aliphatic rings. The maximum absolute atomic E-state index is 12.1. The average Bonchev–Trinajstić information content (AvgIpc) is 2.71. The molecule has 0 bridgehead atoms. The largest absolute Gasteiger partial charge is 0.497 e. The van der Waals surface area contributed by atoms with Crippen LogP contribution in [0.25, 0.3) is 0 Å². The molecule has 1 aromatic carbocycles. The van der Waals surface area contributed by atoms with E-state index in [1.54, 1.807) is 14.2 Å². The molecule has 0 radical (unpaired) electrons. The van der Waals surface area contributed by atoms with Gasteiger partial charge in [0.15, 0.2) is 5.96 Å². The normalized spacial score (nSPS) is 11.4. The molecule has 0 spiro atoms. The van der Waals surface area contributed by atoms with Gasteiger partial charge in [-0.25, -0.2) is 4.99 Å². The van der Waals surface area contributed by atoms with E-state index in [2.05, 4.69) is 32.9 Å². The van der Waals surface area contributed by atoms with Crippen molar-refractivity contribution in [3.63, 3.8) is 0 Å². The third kappa shape index (κ3) is 10.7. The van der Waals surface area contributed by atoms with Crippen molar-refractivity contribution in [2.75, 3.05) is 60.6 Å². The highest BCUT2D eigenvalue weighted by Gasteiger charge is 2.04. The van der Waals surface area contributed by atoms with E-state index in [1.807, 2.05) is 31.2 Å². The summed E-state index contributed by atoms with van der Waals surface area (Å²) in [5, 5.41) is 9.29. The molecule has 1 aromatic rings. The fourth-order valence-electron chi connectivity index (χ4n) is 2.45. The number of methoxy groups -OCH3 is 2. The molecule has 1 rings (SSSR count). The van der Waals surface area contributed by atoms with E-state index in [1.165, 1.54) is 0 Å². The fourth-order valence-corrected chi connectivity index (χ4v) is 2.45. The van der Waals surface area contributed by atoms with E-state index in [0.29, 0.717) is 12.5 Å². The summed E-state index contributed by atoms with van der Waals surface area (Å²) in [6.45, 7) is 6.68. The van der Waals surface area contributed by atoms with Crippen molar-refractivity contribution in [3.05, 3.63) is 29.8 Å². The molecule has 0 heterocycles. The molecular weight excluding hydrogens is 358 g/mol. The summed E-state index contributed by atoms with van der Waals surface area (Å²) < 4.78 is 10.2. The van der Waals surface area contributed by atoms with Crippen LogP contribution in [-0.2, 0) is 16.1 Å². The van der Waals surface area contributed by atoms with Crippen LogP contribution in [0.15, 0.2) is 29.3 Å². The summed E-state index contributed by atoms with van der Waals surface area (Å²) in [5.41, 5.74) is 1.01. The molecule has 1 amide bonds. The molecule has 0 aromatic heterocycles. The van der Waals surface area contributed by atoms with Gasteiger partial charge in [0.2, 0.25) is 5.91 Å². The minimum absolute atomic E-state index is 0.0785. The molecule has 0 fully saturated rings. The van der Waals surface area contributed by atoms with Crippen LogP contribution in [-0.4, -0.2) is 77.4 Å². The zero-order chi connectivity index (χ0) is 20.6. The first-order valence-electron chi connectivity index (χ1n) is 9.68. The van der Waals surface area contributed by atoms with Crippen molar-refractivity contribution in [3.8, 4) is 5.75 Å². The molecule has 8 heteroatoms. The Kier molecular flexibility index (Phi) is 12.5. The molecule has 8 nitrogen and oxygen atoms in total. The van der Waals surface area contributed by atoms with Gasteiger partial charge in [-0.05, 0) is 38.1 Å². The molecule has 0 aliphatic heterocycles. The molecule has 0 atom stereocenters. The number of rotatable bonds is 13. The van der Waals surface area contributed by atoms with E-state index in [9.17, 15) is 4.79 Å². The number of aliphatic imine (C=N–C) groups is 1. The number of guanidine groups is 1. The fraction of sp³-hybridized carbons (Fsp3) is 0.600. The minimum Gasteiger partial charge on any atom is -0.497 e. The molecule has 0 aliphatic carbocycles. The molecule has 0 unspecified atom stereocenters. The SMILES string of the molecule is CCNC(=NCC(=O)NCc1ccc(OC)cc1)NCCN(C)CCCOC. The van der Waals surface area contributed by atoms with Crippen LogP contribution in [0.5, 0.6) is 5.75 Å². The maximum atomic E-state index is 12.1. The van der Waals surface area contributed by atoms with Crippen molar-refractivity contribution in [1.29, 1.82) is 0 Å². The predicted octanol–water partition coefficient (Wildman–Crippen LogP) is 0.835. The molecule has 0 saturated heterocycles. The Balaban J connectivity index is 2.33. The van der Waals surface area contributed by atoms with Gasteiger partial charge in [-0.1, -0.05) is 12.1 Å². The Labute approximate surface area is 168 Å². The Morgan fingerprint density at radius 3 is 2.50 bits per heavy atom. The highest BCUT2D eigenvalue weighted by atomic mass is 16.5. The van der Waals surface area contributed by atoms with Gasteiger partial charge in [0.25, 0.3) is 0 Å². The van der Waals surface area contributed by atoms with Gasteiger partial charge < -0.3 is 30.3 Å². The van der Waals surface area contributed by atoms with Crippen LogP contribution >= 0.6 is 0 Å². The summed E-state index contributed by atoms with van der Waals surface area (Å²) >= 11 is 0. The smallest absolute Gasteiger partial charge is 0.242 e. The summed E-state index contributed by atoms with van der Waals surface area (Å²) in [7, 11) is 5.42. The van der Waals surface area contributed by atoms with Gasteiger partial charge in [0.05, 0.1) is 7.11 Å². The number of ether oxygens (including phenoxy) is 2. The maximum Gasteiger partial charge on any atom is 0.242 e. The second-order valence-electron chi connectivity index (χ2n) is 6.40. The molecule has 158 valence electrons. The lowest BCUT2D eigenvalue weighted by Gasteiger charge is -2.18. The second kappa shape index (κ2) is 14.7. The molecular formula is C20H35N5O3. The zero-order valence-corrected chi connectivity index (χ0v) is 17.6. The van der Waals surface area contributed by atoms with E-state index in [4.69, 9.17) is 9.47 Å². The van der Waals surface area contributed by atoms with E-state index < -0.39 is 0 Å². The third-order valence-corrected chi connectivity index (χ3v) is 4.05. The van der Waals surface area contributed by atoms with Crippen LogP contribution in [0.1, 0.15) is 18.9 Å². The van der Waals surface area contributed by atoms with Crippen molar-refractivity contribution in [2.24, 2.45) is 4.99 Å². The lowest BCUT2D eigenvalue weighted by atomic mass is 10.2. The Morgan fingerprint density at radius 1 is 1.11 bits per heavy atom. The number of benzene rings is 1. The van der Waals surface area contributed by atoms with Crippen LogP contribution < -0.4 is 20.7 Å². The highest BCUT2D eigenvalue weighted by molar-refractivity contribution is 5.84. The predicted molar refractivity (Wildman–Crippen MR) is 113 cm³/mol. The van der Waals surface area contributed by atoms with Crippen molar-refractivity contribution < 1.29 is 14.3 Å². The van der Waals surface area contributed by atoms with Gasteiger partial charge >= 0.3 is 0 Å².